The van der Waals surface area contributed by atoms with Gasteiger partial charge in [-0.15, -0.1) is 0 Å². The zero-order valence-electron chi connectivity index (χ0n) is 17.3. The van der Waals surface area contributed by atoms with Gasteiger partial charge in [0.1, 0.15) is 0 Å². The van der Waals surface area contributed by atoms with E-state index >= 15 is 0 Å². The van der Waals surface area contributed by atoms with Crippen molar-refractivity contribution >= 4 is 16.7 Å². The maximum absolute atomic E-state index is 10.6. The van der Waals surface area contributed by atoms with Gasteiger partial charge in [-0.3, -0.25) is 0 Å². The minimum absolute atomic E-state index is 0.217. The van der Waals surface area contributed by atoms with E-state index in [1.165, 1.54) is 27.5 Å². The van der Waals surface area contributed by atoms with Crippen molar-refractivity contribution in [3.05, 3.63) is 83.4 Å². The molecule has 3 nitrogen and oxygen atoms in total. The van der Waals surface area contributed by atoms with Crippen LogP contribution in [0.1, 0.15) is 37.5 Å². The SMILES string of the molecule is CC(C)(C)c1ccc(CNCc2cccc3ccccc23)cc1.O=C(O)C(F)(F)F. The van der Waals surface area contributed by atoms with Crippen LogP contribution in [0.2, 0.25) is 0 Å². The Balaban J connectivity index is 0.000000396. The van der Waals surface area contributed by atoms with Gasteiger partial charge in [-0.2, -0.15) is 13.2 Å². The molecule has 0 radical (unpaired) electrons. The molecule has 0 aliphatic rings. The summed E-state index contributed by atoms with van der Waals surface area (Å²) in [5, 5.41) is 13.3. The molecular weight excluding hydrogens is 391 g/mol. The van der Waals surface area contributed by atoms with Crippen molar-refractivity contribution in [2.45, 2.75) is 45.5 Å². The standard InChI is InChI=1S/C22H25N.C2HF3O2/c1-22(2,3)20-13-11-17(12-14-20)15-23-16-19-9-6-8-18-7-4-5-10-21(18)19;3-2(4,5)1(6)7/h4-14,23H,15-16H2,1-3H3;(H,6,7). The molecule has 6 heteroatoms. The van der Waals surface area contributed by atoms with E-state index in [0.717, 1.165) is 13.1 Å². The van der Waals surface area contributed by atoms with Gasteiger partial charge in [0.15, 0.2) is 0 Å². The summed E-state index contributed by atoms with van der Waals surface area (Å²) in [6.07, 6.45) is -5.08. The molecule has 0 heterocycles. The third kappa shape index (κ3) is 6.88. The van der Waals surface area contributed by atoms with Crippen LogP contribution in [0.15, 0.2) is 66.7 Å². The first-order chi connectivity index (χ1) is 14.0. The van der Waals surface area contributed by atoms with Gasteiger partial charge in [0.2, 0.25) is 0 Å². The number of carboxylic acid groups (broad SMARTS) is 1. The summed E-state index contributed by atoms with van der Waals surface area (Å²) in [4.78, 5) is 8.90. The van der Waals surface area contributed by atoms with Crippen molar-refractivity contribution < 1.29 is 23.1 Å². The fourth-order valence-corrected chi connectivity index (χ4v) is 2.91. The van der Waals surface area contributed by atoms with Gasteiger partial charge in [-0.25, -0.2) is 4.79 Å². The Labute approximate surface area is 174 Å². The van der Waals surface area contributed by atoms with E-state index in [0.29, 0.717) is 0 Å². The lowest BCUT2D eigenvalue weighted by Crippen LogP contribution is -2.21. The van der Waals surface area contributed by atoms with Gasteiger partial charge in [0.05, 0.1) is 0 Å². The number of benzene rings is 3. The summed E-state index contributed by atoms with van der Waals surface area (Å²) in [7, 11) is 0. The molecule has 30 heavy (non-hydrogen) atoms. The fraction of sp³-hybridized carbons (Fsp3) is 0.292. The highest BCUT2D eigenvalue weighted by Gasteiger charge is 2.38. The summed E-state index contributed by atoms with van der Waals surface area (Å²) in [5.41, 5.74) is 4.29. The number of carbonyl (C=O) groups is 1. The van der Waals surface area contributed by atoms with Crippen LogP contribution in [-0.4, -0.2) is 17.3 Å². The number of nitrogens with one attached hydrogen (secondary N) is 1. The highest BCUT2D eigenvalue weighted by atomic mass is 19.4. The number of hydrogen-bond donors (Lipinski definition) is 2. The number of rotatable bonds is 4. The number of alkyl halides is 3. The van der Waals surface area contributed by atoms with Gasteiger partial charge in [-0.05, 0) is 32.9 Å². The maximum atomic E-state index is 10.6. The summed E-state index contributed by atoms with van der Waals surface area (Å²) >= 11 is 0. The van der Waals surface area contributed by atoms with Crippen LogP contribution in [0.5, 0.6) is 0 Å². The van der Waals surface area contributed by atoms with Gasteiger partial charge >= 0.3 is 12.1 Å². The molecule has 0 aromatic heterocycles. The molecular formula is C24H26F3NO2. The van der Waals surface area contributed by atoms with E-state index in [4.69, 9.17) is 9.90 Å². The number of fused-ring (bicyclic) bond motifs is 1. The predicted octanol–water partition coefficient (Wildman–Crippen LogP) is 6.06. The molecule has 0 bridgehead atoms. The first kappa shape index (κ1) is 23.4. The number of aliphatic carboxylic acids is 1. The largest absolute Gasteiger partial charge is 0.490 e. The molecule has 0 fully saturated rings. The normalized spacial score (nSPS) is 11.7. The van der Waals surface area contributed by atoms with Crippen molar-refractivity contribution in [3.63, 3.8) is 0 Å². The average Bonchev–Trinajstić information content (AvgIpc) is 2.68. The fourth-order valence-electron chi connectivity index (χ4n) is 2.91. The van der Waals surface area contributed by atoms with Crippen LogP contribution in [0.3, 0.4) is 0 Å². The smallest absolute Gasteiger partial charge is 0.475 e. The minimum Gasteiger partial charge on any atom is -0.475 e. The summed E-state index contributed by atoms with van der Waals surface area (Å²) in [6, 6.07) is 24.0. The van der Waals surface area contributed by atoms with E-state index in [-0.39, 0.29) is 5.41 Å². The van der Waals surface area contributed by atoms with Crippen LogP contribution in [0.4, 0.5) is 13.2 Å². The zero-order valence-corrected chi connectivity index (χ0v) is 17.3. The topological polar surface area (TPSA) is 49.3 Å². The second-order valence-corrected chi connectivity index (χ2v) is 7.99. The Hall–Kier alpha value is -2.86. The Morgan fingerprint density at radius 1 is 0.867 bits per heavy atom. The Morgan fingerprint density at radius 3 is 2.00 bits per heavy atom. The molecule has 0 aliphatic carbocycles. The highest BCUT2D eigenvalue weighted by molar-refractivity contribution is 5.85. The molecule has 3 aromatic carbocycles. The van der Waals surface area contributed by atoms with Crippen LogP contribution in [-0.2, 0) is 23.3 Å². The Morgan fingerprint density at radius 2 is 1.43 bits per heavy atom. The van der Waals surface area contributed by atoms with Crippen LogP contribution in [0.25, 0.3) is 10.8 Å². The third-order valence-corrected chi connectivity index (χ3v) is 4.59. The quantitative estimate of drug-likeness (QED) is 0.542. The lowest BCUT2D eigenvalue weighted by atomic mass is 9.87. The first-order valence-electron chi connectivity index (χ1n) is 9.55. The van der Waals surface area contributed by atoms with Gasteiger partial charge in [0.25, 0.3) is 0 Å². The molecule has 0 amide bonds. The number of halogens is 3. The lowest BCUT2D eigenvalue weighted by molar-refractivity contribution is -0.192. The van der Waals surface area contributed by atoms with E-state index < -0.39 is 12.1 Å². The molecule has 3 aromatic rings. The van der Waals surface area contributed by atoms with Crippen LogP contribution in [0, 0.1) is 0 Å². The first-order valence-corrected chi connectivity index (χ1v) is 9.55. The molecule has 0 aliphatic heterocycles. The molecule has 2 N–H and O–H groups in total. The molecule has 0 saturated carbocycles. The second kappa shape index (κ2) is 9.76. The Kier molecular flexibility index (Phi) is 7.62. The molecule has 160 valence electrons. The molecule has 0 unspecified atom stereocenters. The van der Waals surface area contributed by atoms with Crippen molar-refractivity contribution in [2.24, 2.45) is 0 Å². The Bertz CT molecular complexity index is 969. The van der Waals surface area contributed by atoms with Crippen molar-refractivity contribution in [2.75, 3.05) is 0 Å². The minimum atomic E-state index is -5.08. The average molecular weight is 417 g/mol. The maximum Gasteiger partial charge on any atom is 0.490 e. The summed E-state index contributed by atoms with van der Waals surface area (Å²) in [5.74, 6) is -2.76. The van der Waals surface area contributed by atoms with E-state index in [9.17, 15) is 13.2 Å². The van der Waals surface area contributed by atoms with Crippen molar-refractivity contribution in [3.8, 4) is 0 Å². The van der Waals surface area contributed by atoms with E-state index in [1.807, 2.05) is 0 Å². The van der Waals surface area contributed by atoms with Gasteiger partial charge < -0.3 is 10.4 Å². The van der Waals surface area contributed by atoms with E-state index in [2.05, 4.69) is 92.8 Å². The number of carboxylic acids is 1. The highest BCUT2D eigenvalue weighted by Crippen LogP contribution is 2.22. The third-order valence-electron chi connectivity index (χ3n) is 4.59. The molecule has 0 saturated heterocycles. The van der Waals surface area contributed by atoms with Crippen molar-refractivity contribution in [1.29, 1.82) is 0 Å². The van der Waals surface area contributed by atoms with Crippen LogP contribution >= 0.6 is 0 Å². The summed E-state index contributed by atoms with van der Waals surface area (Å²) < 4.78 is 31.7. The van der Waals surface area contributed by atoms with Crippen molar-refractivity contribution in [1.82, 2.24) is 5.32 Å². The van der Waals surface area contributed by atoms with E-state index in [1.54, 1.807) is 0 Å². The molecule has 3 rings (SSSR count). The second-order valence-electron chi connectivity index (χ2n) is 7.99. The number of hydrogen-bond acceptors (Lipinski definition) is 2. The molecule has 0 spiro atoms. The zero-order chi connectivity index (χ0) is 22.4. The monoisotopic (exact) mass is 417 g/mol. The van der Waals surface area contributed by atoms with Crippen LogP contribution < -0.4 is 5.32 Å². The molecule has 0 atom stereocenters. The predicted molar refractivity (Wildman–Crippen MR) is 113 cm³/mol. The lowest BCUT2D eigenvalue weighted by Gasteiger charge is -2.19. The van der Waals surface area contributed by atoms with Gasteiger partial charge in [-0.1, -0.05) is 87.5 Å². The summed E-state index contributed by atoms with van der Waals surface area (Å²) in [6.45, 7) is 8.54. The van der Waals surface area contributed by atoms with Gasteiger partial charge in [0, 0.05) is 13.1 Å².